The van der Waals surface area contributed by atoms with Crippen LogP contribution in [0.1, 0.15) is 0 Å². The predicted octanol–water partition coefficient (Wildman–Crippen LogP) is 14.9. The third-order valence-corrected chi connectivity index (χ3v) is 11.8. The largest absolute Gasteiger partial charge is 0.456 e. The van der Waals surface area contributed by atoms with E-state index in [9.17, 15) is 0 Å². The molecule has 5 nitrogen and oxygen atoms in total. The number of benzene rings is 9. The Bertz CT molecular complexity index is 3640. The molecule has 0 spiro atoms. The molecule has 0 amide bonds. The van der Waals surface area contributed by atoms with Crippen LogP contribution in [0, 0.1) is 0 Å². The van der Waals surface area contributed by atoms with Crippen LogP contribution in [0.3, 0.4) is 0 Å². The molecule has 5 heteroatoms. The number of para-hydroxylation sites is 2. The number of rotatable bonds is 7. The monoisotopic (exact) mass is 792 g/mol. The van der Waals surface area contributed by atoms with Gasteiger partial charge in [-0.2, -0.15) is 0 Å². The fraction of sp³-hybridized carbons (Fsp3) is 0. The second-order valence-corrected chi connectivity index (χ2v) is 15.6. The molecule has 12 rings (SSSR count). The summed E-state index contributed by atoms with van der Waals surface area (Å²) < 4.78 is 8.66. The highest BCUT2D eigenvalue weighted by Gasteiger charge is 2.17. The smallest absolute Gasteiger partial charge is 0.164 e. The van der Waals surface area contributed by atoms with Gasteiger partial charge in [0.05, 0.1) is 11.0 Å². The van der Waals surface area contributed by atoms with Crippen molar-refractivity contribution in [1.29, 1.82) is 0 Å². The molecule has 290 valence electrons. The maximum atomic E-state index is 6.27. The van der Waals surface area contributed by atoms with E-state index in [2.05, 4.69) is 168 Å². The number of furan rings is 1. The van der Waals surface area contributed by atoms with E-state index in [0.29, 0.717) is 17.5 Å². The van der Waals surface area contributed by atoms with Crippen LogP contribution in [0.25, 0.3) is 117 Å². The molecule has 0 unspecified atom stereocenters. The first-order valence-corrected chi connectivity index (χ1v) is 20.8. The quantitative estimate of drug-likeness (QED) is 0.161. The van der Waals surface area contributed by atoms with Crippen LogP contribution >= 0.6 is 0 Å². The normalized spacial score (nSPS) is 11.5. The Morgan fingerprint density at radius 3 is 1.50 bits per heavy atom. The van der Waals surface area contributed by atoms with Gasteiger partial charge in [0.2, 0.25) is 0 Å². The Kier molecular flexibility index (Phi) is 8.42. The van der Waals surface area contributed by atoms with Crippen LogP contribution in [0.15, 0.2) is 223 Å². The van der Waals surface area contributed by atoms with E-state index in [0.717, 1.165) is 66.5 Å². The van der Waals surface area contributed by atoms with E-state index in [1.807, 2.05) is 54.6 Å². The number of nitrogens with zero attached hydrogens (tertiary/aromatic N) is 4. The Morgan fingerprint density at radius 1 is 0.274 bits per heavy atom. The molecule has 3 heterocycles. The lowest BCUT2D eigenvalue weighted by Crippen LogP contribution is -2.00. The van der Waals surface area contributed by atoms with Crippen LogP contribution in [0.5, 0.6) is 0 Å². The molecule has 0 bridgehead atoms. The Labute approximate surface area is 357 Å². The van der Waals surface area contributed by atoms with Crippen molar-refractivity contribution in [3.63, 3.8) is 0 Å². The third kappa shape index (κ3) is 6.23. The van der Waals surface area contributed by atoms with Gasteiger partial charge in [0.15, 0.2) is 17.5 Å². The van der Waals surface area contributed by atoms with E-state index in [1.165, 1.54) is 33.0 Å². The van der Waals surface area contributed by atoms with Gasteiger partial charge < -0.3 is 8.98 Å². The first kappa shape index (κ1) is 35.5. The molecule has 0 aliphatic rings. The lowest BCUT2D eigenvalue weighted by atomic mass is 9.98. The molecule has 0 atom stereocenters. The molecule has 0 N–H and O–H groups in total. The summed E-state index contributed by atoms with van der Waals surface area (Å²) in [6, 6.07) is 76.6. The summed E-state index contributed by atoms with van der Waals surface area (Å²) in [5.74, 6) is 1.80. The van der Waals surface area contributed by atoms with Crippen LogP contribution in [-0.2, 0) is 0 Å². The molecule has 0 saturated heterocycles. The average Bonchev–Trinajstić information content (AvgIpc) is 3.89. The lowest BCUT2D eigenvalue weighted by molar-refractivity contribution is 0.669. The summed E-state index contributed by atoms with van der Waals surface area (Å²) in [5, 5.41) is 4.59. The zero-order chi connectivity index (χ0) is 41.0. The van der Waals surface area contributed by atoms with Crippen molar-refractivity contribution in [2.75, 3.05) is 0 Å². The predicted molar refractivity (Wildman–Crippen MR) is 254 cm³/mol. The minimum absolute atomic E-state index is 0.584. The SMILES string of the molecule is c1ccc(-c2cccc(-c3ccc4c5ccccc5n(-c5cccc(-c6cccc(-c7nc(-c8ccccc8)nc(-c8ccc9c(c8)oc8ccccc89)n7)c6)c5)c4c3)c2)cc1. The minimum Gasteiger partial charge on any atom is -0.456 e. The van der Waals surface area contributed by atoms with Crippen molar-refractivity contribution in [3.8, 4) is 73.2 Å². The maximum Gasteiger partial charge on any atom is 0.164 e. The summed E-state index contributed by atoms with van der Waals surface area (Å²) in [7, 11) is 0. The number of fused-ring (bicyclic) bond motifs is 6. The van der Waals surface area contributed by atoms with Gasteiger partial charge in [-0.25, -0.2) is 15.0 Å². The van der Waals surface area contributed by atoms with Gasteiger partial charge in [0.25, 0.3) is 0 Å². The second kappa shape index (κ2) is 14.7. The van der Waals surface area contributed by atoms with Crippen LogP contribution in [0.2, 0.25) is 0 Å². The second-order valence-electron chi connectivity index (χ2n) is 15.6. The molecule has 0 saturated carbocycles. The van der Waals surface area contributed by atoms with Crippen LogP contribution in [-0.4, -0.2) is 19.5 Å². The Hall–Kier alpha value is -8.41. The third-order valence-electron chi connectivity index (χ3n) is 11.8. The van der Waals surface area contributed by atoms with E-state index >= 15 is 0 Å². The fourth-order valence-corrected chi connectivity index (χ4v) is 8.82. The van der Waals surface area contributed by atoms with Gasteiger partial charge in [0, 0.05) is 43.9 Å². The Morgan fingerprint density at radius 2 is 0.742 bits per heavy atom. The van der Waals surface area contributed by atoms with Crippen LogP contribution < -0.4 is 0 Å². The summed E-state index contributed by atoms with van der Waals surface area (Å²) in [4.78, 5) is 15.2. The van der Waals surface area contributed by atoms with E-state index < -0.39 is 0 Å². The summed E-state index contributed by atoms with van der Waals surface area (Å²) in [5.41, 5.74) is 14.7. The molecular formula is C57H36N4O. The number of aromatic nitrogens is 4. The first-order chi connectivity index (χ1) is 30.7. The Balaban J connectivity index is 0.955. The minimum atomic E-state index is 0.584. The molecule has 0 aliphatic carbocycles. The zero-order valence-electron chi connectivity index (χ0n) is 33.5. The summed E-state index contributed by atoms with van der Waals surface area (Å²) in [6.07, 6.45) is 0. The van der Waals surface area contributed by atoms with Gasteiger partial charge in [-0.15, -0.1) is 0 Å². The van der Waals surface area contributed by atoms with Gasteiger partial charge in [-0.05, 0) is 88.0 Å². The van der Waals surface area contributed by atoms with Gasteiger partial charge in [-0.3, -0.25) is 0 Å². The molecule has 62 heavy (non-hydrogen) atoms. The van der Waals surface area contributed by atoms with Gasteiger partial charge in [0.1, 0.15) is 11.2 Å². The van der Waals surface area contributed by atoms with Crippen molar-refractivity contribution < 1.29 is 4.42 Å². The average molecular weight is 793 g/mol. The molecular weight excluding hydrogens is 757 g/mol. The van der Waals surface area contributed by atoms with E-state index in [1.54, 1.807) is 0 Å². The summed E-state index contributed by atoms with van der Waals surface area (Å²) >= 11 is 0. The highest BCUT2D eigenvalue weighted by Crippen LogP contribution is 2.38. The van der Waals surface area contributed by atoms with Crippen molar-refractivity contribution in [2.45, 2.75) is 0 Å². The maximum absolute atomic E-state index is 6.27. The zero-order valence-corrected chi connectivity index (χ0v) is 33.5. The van der Waals surface area contributed by atoms with E-state index in [4.69, 9.17) is 19.4 Å². The van der Waals surface area contributed by atoms with E-state index in [-0.39, 0.29) is 0 Å². The fourth-order valence-electron chi connectivity index (χ4n) is 8.82. The van der Waals surface area contributed by atoms with Crippen molar-refractivity contribution in [3.05, 3.63) is 218 Å². The topological polar surface area (TPSA) is 56.7 Å². The lowest BCUT2D eigenvalue weighted by Gasteiger charge is -2.12. The van der Waals surface area contributed by atoms with Gasteiger partial charge in [-0.1, -0.05) is 164 Å². The number of hydrogen-bond acceptors (Lipinski definition) is 4. The molecule has 9 aromatic carbocycles. The number of hydrogen-bond donors (Lipinski definition) is 0. The first-order valence-electron chi connectivity index (χ1n) is 20.8. The molecule has 0 radical (unpaired) electrons. The molecule has 12 aromatic rings. The molecule has 0 aliphatic heterocycles. The van der Waals surface area contributed by atoms with Gasteiger partial charge >= 0.3 is 0 Å². The molecule has 3 aromatic heterocycles. The molecule has 0 fully saturated rings. The van der Waals surface area contributed by atoms with Crippen molar-refractivity contribution >= 4 is 43.7 Å². The van der Waals surface area contributed by atoms with Crippen molar-refractivity contribution in [2.24, 2.45) is 0 Å². The highest BCUT2D eigenvalue weighted by atomic mass is 16.3. The standard InChI is InChI=1S/C57H36N4O/c1-3-14-37(15-4-1)39-18-11-19-40(32-39)43-28-30-48-47-24-7-9-26-51(47)61(52(48)35-43)46-23-13-21-42(34-46)41-20-12-22-44(33-41)56-58-55(38-16-5-2-6-17-38)59-57(60-56)45-29-31-50-49-25-8-10-27-53(49)62-54(50)36-45/h1-36H. The summed E-state index contributed by atoms with van der Waals surface area (Å²) in [6.45, 7) is 0. The van der Waals surface area contributed by atoms with Crippen LogP contribution in [0.4, 0.5) is 0 Å². The highest BCUT2D eigenvalue weighted by molar-refractivity contribution is 6.10. The van der Waals surface area contributed by atoms with Crippen molar-refractivity contribution in [1.82, 2.24) is 19.5 Å².